The number of methoxy groups -OCH3 is 1. The highest BCUT2D eigenvalue weighted by molar-refractivity contribution is 6.39. The number of amides is 2. The first-order valence-electron chi connectivity index (χ1n) is 6.66. The Morgan fingerprint density at radius 1 is 1.09 bits per heavy atom. The van der Waals surface area contributed by atoms with Gasteiger partial charge in [0.1, 0.15) is 11.5 Å². The standard InChI is InChI=1S/C16H15N3O4/c1-23-14-5-3-2-4-13(14)18-15(21)16(22)19-17-10-11-6-8-12(20)9-7-11/h2-10,20H,1H3,(H,18,21)(H,19,22)/b17-10-. The quantitative estimate of drug-likeness (QED) is 0.452. The third-order valence-corrected chi connectivity index (χ3v) is 2.83. The number of phenols is 1. The van der Waals surface area contributed by atoms with Crippen molar-refractivity contribution in [3.8, 4) is 11.5 Å². The maximum Gasteiger partial charge on any atom is 0.329 e. The summed E-state index contributed by atoms with van der Waals surface area (Å²) in [6, 6.07) is 12.9. The predicted molar refractivity (Wildman–Crippen MR) is 85.5 cm³/mol. The minimum Gasteiger partial charge on any atom is -0.508 e. The molecular weight excluding hydrogens is 298 g/mol. The van der Waals surface area contributed by atoms with Gasteiger partial charge in [-0.05, 0) is 42.0 Å². The number of hydrogen-bond acceptors (Lipinski definition) is 5. The Balaban J connectivity index is 1.92. The van der Waals surface area contributed by atoms with E-state index in [2.05, 4.69) is 15.8 Å². The summed E-state index contributed by atoms with van der Waals surface area (Å²) in [4.78, 5) is 23.5. The summed E-state index contributed by atoms with van der Waals surface area (Å²) in [5.74, 6) is -1.20. The van der Waals surface area contributed by atoms with E-state index in [1.807, 2.05) is 0 Å². The third-order valence-electron chi connectivity index (χ3n) is 2.83. The number of carbonyl (C=O) groups is 2. The number of rotatable bonds is 4. The van der Waals surface area contributed by atoms with E-state index in [0.717, 1.165) is 0 Å². The highest BCUT2D eigenvalue weighted by Gasteiger charge is 2.14. The summed E-state index contributed by atoms with van der Waals surface area (Å²) in [6.07, 6.45) is 1.35. The predicted octanol–water partition coefficient (Wildman–Crippen LogP) is 1.49. The molecule has 0 saturated carbocycles. The molecule has 7 nitrogen and oxygen atoms in total. The van der Waals surface area contributed by atoms with Gasteiger partial charge in [-0.25, -0.2) is 5.43 Å². The van der Waals surface area contributed by atoms with E-state index in [1.165, 1.54) is 25.5 Å². The molecule has 0 saturated heterocycles. The first kappa shape index (κ1) is 16.0. The average molecular weight is 313 g/mol. The molecule has 0 fully saturated rings. The minimum atomic E-state index is -0.911. The van der Waals surface area contributed by atoms with Crippen LogP contribution in [0, 0.1) is 0 Å². The van der Waals surface area contributed by atoms with Crippen LogP contribution in [0.2, 0.25) is 0 Å². The Bertz CT molecular complexity index is 726. The van der Waals surface area contributed by atoms with Crippen LogP contribution in [0.25, 0.3) is 0 Å². The number of nitrogens with zero attached hydrogens (tertiary/aromatic N) is 1. The molecule has 0 aromatic heterocycles. The maximum atomic E-state index is 11.8. The van der Waals surface area contributed by atoms with Gasteiger partial charge in [-0.15, -0.1) is 0 Å². The number of aromatic hydroxyl groups is 1. The van der Waals surface area contributed by atoms with Crippen molar-refractivity contribution in [3.05, 3.63) is 54.1 Å². The molecule has 2 aromatic carbocycles. The first-order chi connectivity index (χ1) is 11.1. The zero-order valence-corrected chi connectivity index (χ0v) is 12.3. The van der Waals surface area contributed by atoms with Crippen LogP contribution >= 0.6 is 0 Å². The van der Waals surface area contributed by atoms with Crippen LogP contribution in [0.1, 0.15) is 5.56 Å². The van der Waals surface area contributed by atoms with E-state index in [0.29, 0.717) is 17.0 Å². The summed E-state index contributed by atoms with van der Waals surface area (Å²) in [7, 11) is 1.47. The van der Waals surface area contributed by atoms with Gasteiger partial charge in [-0.2, -0.15) is 5.10 Å². The smallest absolute Gasteiger partial charge is 0.329 e. The molecule has 3 N–H and O–H groups in total. The Labute approximate surface area is 132 Å². The Morgan fingerprint density at radius 3 is 2.48 bits per heavy atom. The van der Waals surface area contributed by atoms with Crippen LogP contribution in [-0.4, -0.2) is 30.2 Å². The van der Waals surface area contributed by atoms with E-state index in [4.69, 9.17) is 9.84 Å². The summed E-state index contributed by atoms with van der Waals surface area (Å²) in [6.45, 7) is 0. The van der Waals surface area contributed by atoms with Crippen molar-refractivity contribution in [1.82, 2.24) is 5.43 Å². The first-order valence-corrected chi connectivity index (χ1v) is 6.66. The van der Waals surface area contributed by atoms with E-state index in [9.17, 15) is 9.59 Å². The molecule has 2 amide bonds. The van der Waals surface area contributed by atoms with Crippen LogP contribution < -0.4 is 15.5 Å². The zero-order valence-electron chi connectivity index (χ0n) is 12.3. The molecule has 0 unspecified atom stereocenters. The van der Waals surface area contributed by atoms with Gasteiger partial charge in [0, 0.05) is 0 Å². The van der Waals surface area contributed by atoms with Crippen LogP contribution in [0.15, 0.2) is 53.6 Å². The molecule has 0 heterocycles. The molecule has 0 atom stereocenters. The molecule has 7 heteroatoms. The number of phenolic OH excluding ortho intramolecular Hbond substituents is 1. The maximum absolute atomic E-state index is 11.8. The lowest BCUT2D eigenvalue weighted by Crippen LogP contribution is -2.32. The highest BCUT2D eigenvalue weighted by Crippen LogP contribution is 2.22. The Morgan fingerprint density at radius 2 is 1.78 bits per heavy atom. The number of carbonyl (C=O) groups excluding carboxylic acids is 2. The van der Waals surface area contributed by atoms with Crippen molar-refractivity contribution in [3.63, 3.8) is 0 Å². The van der Waals surface area contributed by atoms with Gasteiger partial charge in [-0.3, -0.25) is 9.59 Å². The van der Waals surface area contributed by atoms with Gasteiger partial charge in [-0.1, -0.05) is 12.1 Å². The Hall–Kier alpha value is -3.35. The molecule has 118 valence electrons. The second-order valence-corrected chi connectivity index (χ2v) is 4.45. The van der Waals surface area contributed by atoms with E-state index >= 15 is 0 Å². The number of hydrogen-bond donors (Lipinski definition) is 3. The fourth-order valence-electron chi connectivity index (χ4n) is 1.70. The van der Waals surface area contributed by atoms with Crippen molar-refractivity contribution < 1.29 is 19.4 Å². The number of benzene rings is 2. The monoisotopic (exact) mass is 313 g/mol. The van der Waals surface area contributed by atoms with Crippen molar-refractivity contribution in [2.45, 2.75) is 0 Å². The van der Waals surface area contributed by atoms with Gasteiger partial charge in [0.25, 0.3) is 0 Å². The highest BCUT2D eigenvalue weighted by atomic mass is 16.5. The van der Waals surface area contributed by atoms with Crippen LogP contribution in [-0.2, 0) is 9.59 Å². The number of anilines is 1. The second kappa shape index (κ2) is 7.60. The lowest BCUT2D eigenvalue weighted by Gasteiger charge is -2.08. The van der Waals surface area contributed by atoms with Gasteiger partial charge in [0.15, 0.2) is 0 Å². The SMILES string of the molecule is COc1ccccc1NC(=O)C(=O)N/N=C\c1ccc(O)cc1. The fraction of sp³-hybridized carbons (Fsp3) is 0.0625. The Kier molecular flexibility index (Phi) is 5.30. The van der Waals surface area contributed by atoms with Crippen LogP contribution in [0.5, 0.6) is 11.5 Å². The fourth-order valence-corrected chi connectivity index (χ4v) is 1.70. The molecule has 0 aliphatic carbocycles. The van der Waals surface area contributed by atoms with E-state index in [1.54, 1.807) is 36.4 Å². The summed E-state index contributed by atoms with van der Waals surface area (Å²) in [5.41, 5.74) is 3.17. The summed E-state index contributed by atoms with van der Waals surface area (Å²) < 4.78 is 5.08. The number of hydrazone groups is 1. The third kappa shape index (κ3) is 4.57. The van der Waals surface area contributed by atoms with Crippen molar-refractivity contribution in [1.29, 1.82) is 0 Å². The van der Waals surface area contributed by atoms with Gasteiger partial charge in [0.2, 0.25) is 0 Å². The molecule has 0 bridgehead atoms. The molecule has 0 spiro atoms. The molecule has 0 radical (unpaired) electrons. The lowest BCUT2D eigenvalue weighted by molar-refractivity contribution is -0.136. The van der Waals surface area contributed by atoms with Crippen LogP contribution in [0.4, 0.5) is 5.69 Å². The van der Waals surface area contributed by atoms with E-state index in [-0.39, 0.29) is 5.75 Å². The lowest BCUT2D eigenvalue weighted by atomic mass is 10.2. The van der Waals surface area contributed by atoms with Crippen molar-refractivity contribution in [2.24, 2.45) is 5.10 Å². The summed E-state index contributed by atoms with van der Waals surface area (Å²) >= 11 is 0. The molecule has 0 aliphatic rings. The van der Waals surface area contributed by atoms with Gasteiger partial charge in [0.05, 0.1) is 19.0 Å². The molecule has 2 rings (SSSR count). The minimum absolute atomic E-state index is 0.127. The normalized spacial score (nSPS) is 10.3. The number of para-hydroxylation sites is 2. The molecule has 2 aromatic rings. The summed E-state index contributed by atoms with van der Waals surface area (Å²) in [5, 5.41) is 15.3. The zero-order chi connectivity index (χ0) is 16.7. The van der Waals surface area contributed by atoms with Crippen LogP contribution in [0.3, 0.4) is 0 Å². The number of ether oxygens (including phenoxy) is 1. The molecule has 0 aliphatic heterocycles. The van der Waals surface area contributed by atoms with Gasteiger partial charge < -0.3 is 15.2 Å². The average Bonchev–Trinajstić information content (AvgIpc) is 2.57. The van der Waals surface area contributed by atoms with E-state index < -0.39 is 11.8 Å². The molecule has 23 heavy (non-hydrogen) atoms. The second-order valence-electron chi connectivity index (χ2n) is 4.45. The van der Waals surface area contributed by atoms with Crippen molar-refractivity contribution in [2.75, 3.05) is 12.4 Å². The largest absolute Gasteiger partial charge is 0.508 e. The molecular formula is C16H15N3O4. The number of nitrogens with one attached hydrogen (secondary N) is 2. The van der Waals surface area contributed by atoms with Crippen molar-refractivity contribution >= 4 is 23.7 Å². The van der Waals surface area contributed by atoms with Gasteiger partial charge >= 0.3 is 11.8 Å². The topological polar surface area (TPSA) is 100 Å².